The van der Waals surface area contributed by atoms with Gasteiger partial charge < -0.3 is 10.4 Å². The first-order valence-corrected chi connectivity index (χ1v) is 5.21. The molecule has 0 rings (SSSR count). The third kappa shape index (κ3) is 5.71. The van der Waals surface area contributed by atoms with Gasteiger partial charge in [0.15, 0.2) is 0 Å². The first-order valence-electron chi connectivity index (χ1n) is 4.26. The van der Waals surface area contributed by atoms with Crippen molar-refractivity contribution in [1.29, 1.82) is 0 Å². The van der Waals surface area contributed by atoms with Crippen molar-refractivity contribution < 1.29 is 9.90 Å². The SMILES string of the molecule is C=CCNC(=O)C(C)SC(C)CO. The number of aliphatic hydroxyl groups is 1. The molecular weight excluding hydrogens is 186 g/mol. The molecule has 0 aliphatic heterocycles. The Balaban J connectivity index is 3.74. The smallest absolute Gasteiger partial charge is 0.233 e. The molecule has 0 radical (unpaired) electrons. The fourth-order valence-electron chi connectivity index (χ4n) is 0.770. The van der Waals surface area contributed by atoms with Crippen molar-refractivity contribution in [2.24, 2.45) is 0 Å². The van der Waals surface area contributed by atoms with Gasteiger partial charge in [-0.05, 0) is 6.92 Å². The number of hydrogen-bond acceptors (Lipinski definition) is 3. The number of carbonyl (C=O) groups is 1. The minimum absolute atomic E-state index is 0.00907. The van der Waals surface area contributed by atoms with Crippen LogP contribution in [0.25, 0.3) is 0 Å². The van der Waals surface area contributed by atoms with Gasteiger partial charge in [0.2, 0.25) is 5.91 Å². The molecule has 2 unspecified atom stereocenters. The van der Waals surface area contributed by atoms with E-state index in [2.05, 4.69) is 11.9 Å². The highest BCUT2D eigenvalue weighted by atomic mass is 32.2. The van der Waals surface area contributed by atoms with Gasteiger partial charge in [-0.3, -0.25) is 4.79 Å². The molecule has 3 nitrogen and oxygen atoms in total. The molecule has 0 saturated heterocycles. The molecule has 2 N–H and O–H groups in total. The van der Waals surface area contributed by atoms with Gasteiger partial charge in [0.1, 0.15) is 0 Å². The molecule has 0 aliphatic carbocycles. The molecular formula is C9H17NO2S. The first-order chi connectivity index (χ1) is 6.11. The minimum atomic E-state index is -0.123. The van der Waals surface area contributed by atoms with Gasteiger partial charge in [0.25, 0.3) is 0 Å². The summed E-state index contributed by atoms with van der Waals surface area (Å²) in [7, 11) is 0. The Morgan fingerprint density at radius 3 is 2.77 bits per heavy atom. The molecule has 4 heteroatoms. The highest BCUT2D eigenvalue weighted by Gasteiger charge is 2.15. The number of thioether (sulfide) groups is 1. The Morgan fingerprint density at radius 1 is 1.69 bits per heavy atom. The molecule has 0 fully saturated rings. The number of hydrogen-bond donors (Lipinski definition) is 2. The van der Waals surface area contributed by atoms with E-state index in [1.54, 1.807) is 6.08 Å². The summed E-state index contributed by atoms with van der Waals surface area (Å²) in [4.78, 5) is 11.3. The van der Waals surface area contributed by atoms with Crippen molar-refractivity contribution in [3.05, 3.63) is 12.7 Å². The molecule has 0 bridgehead atoms. The van der Waals surface area contributed by atoms with Crippen LogP contribution >= 0.6 is 11.8 Å². The number of rotatable bonds is 6. The average Bonchev–Trinajstić information content (AvgIpc) is 2.13. The summed E-state index contributed by atoms with van der Waals surface area (Å²) in [6.45, 7) is 7.83. The maximum atomic E-state index is 11.3. The molecule has 1 amide bonds. The molecule has 76 valence electrons. The predicted molar refractivity (Wildman–Crippen MR) is 56.8 cm³/mol. The van der Waals surface area contributed by atoms with Crippen molar-refractivity contribution in [2.45, 2.75) is 24.3 Å². The van der Waals surface area contributed by atoms with E-state index < -0.39 is 0 Å². The van der Waals surface area contributed by atoms with Crippen LogP contribution in [0.15, 0.2) is 12.7 Å². The first kappa shape index (κ1) is 12.5. The monoisotopic (exact) mass is 203 g/mol. The van der Waals surface area contributed by atoms with Crippen LogP contribution in [0.5, 0.6) is 0 Å². The Labute approximate surface area is 83.6 Å². The Hall–Kier alpha value is -0.480. The summed E-state index contributed by atoms with van der Waals surface area (Å²) >= 11 is 1.46. The van der Waals surface area contributed by atoms with E-state index in [1.165, 1.54) is 11.8 Å². The lowest BCUT2D eigenvalue weighted by molar-refractivity contribution is -0.120. The fraction of sp³-hybridized carbons (Fsp3) is 0.667. The second-order valence-corrected chi connectivity index (χ2v) is 4.59. The zero-order valence-corrected chi connectivity index (χ0v) is 8.93. The summed E-state index contributed by atoms with van der Waals surface area (Å²) in [6.07, 6.45) is 1.64. The lowest BCUT2D eigenvalue weighted by atomic mass is 10.4. The van der Waals surface area contributed by atoms with E-state index in [0.717, 1.165) is 0 Å². The van der Waals surface area contributed by atoms with Crippen LogP contribution in [0.1, 0.15) is 13.8 Å². The predicted octanol–water partition coefficient (Wildman–Crippen LogP) is 0.791. The zero-order chi connectivity index (χ0) is 10.3. The van der Waals surface area contributed by atoms with Crippen LogP contribution in [-0.4, -0.2) is 34.7 Å². The van der Waals surface area contributed by atoms with Crippen LogP contribution in [0.3, 0.4) is 0 Å². The second-order valence-electron chi connectivity index (χ2n) is 2.81. The van der Waals surface area contributed by atoms with E-state index in [0.29, 0.717) is 6.54 Å². The van der Waals surface area contributed by atoms with Crippen molar-refractivity contribution in [3.8, 4) is 0 Å². The molecule has 0 aromatic heterocycles. The molecule has 0 saturated carbocycles. The van der Waals surface area contributed by atoms with Gasteiger partial charge in [-0.25, -0.2) is 0 Å². The van der Waals surface area contributed by atoms with Crippen LogP contribution in [-0.2, 0) is 4.79 Å². The van der Waals surface area contributed by atoms with Gasteiger partial charge in [-0.1, -0.05) is 13.0 Å². The Kier molecular flexibility index (Phi) is 6.72. The number of aliphatic hydroxyl groups excluding tert-OH is 1. The standard InChI is InChI=1S/C9H17NO2S/c1-4-5-10-9(12)8(3)13-7(2)6-11/h4,7-8,11H,1,5-6H2,2-3H3,(H,10,12). The molecule has 2 atom stereocenters. The van der Waals surface area contributed by atoms with Crippen LogP contribution in [0, 0.1) is 0 Å². The summed E-state index contributed by atoms with van der Waals surface area (Å²) in [5.74, 6) is -0.00907. The second kappa shape index (κ2) is 6.97. The Bertz CT molecular complexity index is 173. The van der Waals surface area contributed by atoms with Gasteiger partial charge >= 0.3 is 0 Å². The van der Waals surface area contributed by atoms with Crippen LogP contribution in [0.4, 0.5) is 0 Å². The largest absolute Gasteiger partial charge is 0.395 e. The van der Waals surface area contributed by atoms with Gasteiger partial charge in [-0.15, -0.1) is 18.3 Å². The zero-order valence-electron chi connectivity index (χ0n) is 8.12. The third-order valence-electron chi connectivity index (χ3n) is 1.48. The summed E-state index contributed by atoms with van der Waals surface area (Å²) in [5, 5.41) is 11.5. The topological polar surface area (TPSA) is 49.3 Å². The number of nitrogens with one attached hydrogen (secondary N) is 1. The van der Waals surface area contributed by atoms with Crippen LogP contribution < -0.4 is 5.32 Å². The van der Waals surface area contributed by atoms with Gasteiger partial charge in [0.05, 0.1) is 11.9 Å². The maximum Gasteiger partial charge on any atom is 0.233 e. The normalized spacial score (nSPS) is 14.7. The van der Waals surface area contributed by atoms with E-state index in [-0.39, 0.29) is 23.0 Å². The number of carbonyl (C=O) groups excluding carboxylic acids is 1. The van der Waals surface area contributed by atoms with Gasteiger partial charge in [0, 0.05) is 11.8 Å². The average molecular weight is 203 g/mol. The fourth-order valence-corrected chi connectivity index (χ4v) is 1.76. The highest BCUT2D eigenvalue weighted by Crippen LogP contribution is 2.16. The quantitative estimate of drug-likeness (QED) is 0.628. The lowest BCUT2D eigenvalue weighted by Gasteiger charge is -2.14. The summed E-state index contributed by atoms with van der Waals surface area (Å²) in [6, 6.07) is 0. The van der Waals surface area contributed by atoms with Crippen molar-refractivity contribution in [2.75, 3.05) is 13.2 Å². The summed E-state index contributed by atoms with van der Waals surface area (Å²) < 4.78 is 0. The minimum Gasteiger partial charge on any atom is -0.395 e. The van der Waals surface area contributed by atoms with E-state index in [9.17, 15) is 4.79 Å². The Morgan fingerprint density at radius 2 is 2.31 bits per heavy atom. The lowest BCUT2D eigenvalue weighted by Crippen LogP contribution is -2.32. The maximum absolute atomic E-state index is 11.3. The molecule has 0 aromatic carbocycles. The highest BCUT2D eigenvalue weighted by molar-refractivity contribution is 8.01. The third-order valence-corrected chi connectivity index (χ3v) is 2.72. The van der Waals surface area contributed by atoms with E-state index in [1.807, 2.05) is 13.8 Å². The van der Waals surface area contributed by atoms with Crippen molar-refractivity contribution in [1.82, 2.24) is 5.32 Å². The van der Waals surface area contributed by atoms with Gasteiger partial charge in [-0.2, -0.15) is 0 Å². The van der Waals surface area contributed by atoms with E-state index in [4.69, 9.17) is 5.11 Å². The summed E-state index contributed by atoms with van der Waals surface area (Å²) in [5.41, 5.74) is 0. The molecule has 0 aliphatic rings. The molecule has 0 spiro atoms. The molecule has 0 heterocycles. The molecule has 0 aromatic rings. The van der Waals surface area contributed by atoms with Crippen molar-refractivity contribution >= 4 is 17.7 Å². The number of amides is 1. The van der Waals surface area contributed by atoms with E-state index >= 15 is 0 Å². The molecule has 13 heavy (non-hydrogen) atoms. The van der Waals surface area contributed by atoms with Crippen LogP contribution in [0.2, 0.25) is 0 Å². The van der Waals surface area contributed by atoms with Crippen molar-refractivity contribution in [3.63, 3.8) is 0 Å².